The molecule has 0 amide bonds. The van der Waals surface area contributed by atoms with E-state index in [1.54, 1.807) is 0 Å². The zero-order valence-electron chi connectivity index (χ0n) is 11.1. The number of hydrogen-bond acceptors (Lipinski definition) is 2. The molecule has 1 fully saturated rings. The van der Waals surface area contributed by atoms with Gasteiger partial charge >= 0.3 is 0 Å². The SMILES string of the molecule is Cc1cc(C)c(C(O)CCC2CCCO2)c(F)c1. The molecule has 1 aromatic carbocycles. The molecule has 1 N–H and O–H groups in total. The first-order valence-corrected chi connectivity index (χ1v) is 6.64. The Morgan fingerprint density at radius 2 is 2.22 bits per heavy atom. The zero-order chi connectivity index (χ0) is 13.1. The van der Waals surface area contributed by atoms with Crippen LogP contribution >= 0.6 is 0 Å². The molecule has 1 heterocycles. The first-order valence-electron chi connectivity index (χ1n) is 6.64. The lowest BCUT2D eigenvalue weighted by molar-refractivity contribution is 0.0801. The van der Waals surface area contributed by atoms with E-state index in [2.05, 4.69) is 0 Å². The number of aryl methyl sites for hydroxylation is 2. The Kier molecular flexibility index (Phi) is 4.36. The second-order valence-corrected chi connectivity index (χ2v) is 5.21. The van der Waals surface area contributed by atoms with Crippen LogP contribution in [0.3, 0.4) is 0 Å². The molecule has 1 aromatic rings. The third kappa shape index (κ3) is 3.09. The number of benzene rings is 1. The van der Waals surface area contributed by atoms with Gasteiger partial charge < -0.3 is 9.84 Å². The van der Waals surface area contributed by atoms with E-state index in [0.717, 1.165) is 37.0 Å². The van der Waals surface area contributed by atoms with E-state index in [1.165, 1.54) is 6.07 Å². The van der Waals surface area contributed by atoms with Crippen molar-refractivity contribution >= 4 is 0 Å². The second-order valence-electron chi connectivity index (χ2n) is 5.21. The fourth-order valence-corrected chi connectivity index (χ4v) is 2.71. The maximum absolute atomic E-state index is 13.9. The van der Waals surface area contributed by atoms with E-state index < -0.39 is 6.10 Å². The summed E-state index contributed by atoms with van der Waals surface area (Å²) in [5.41, 5.74) is 2.16. The molecule has 0 aromatic heterocycles. The van der Waals surface area contributed by atoms with Gasteiger partial charge in [0.1, 0.15) is 5.82 Å². The molecule has 1 aliphatic heterocycles. The molecule has 3 heteroatoms. The van der Waals surface area contributed by atoms with Gasteiger partial charge in [0.05, 0.1) is 12.2 Å². The third-order valence-electron chi connectivity index (χ3n) is 3.60. The minimum atomic E-state index is -0.727. The molecule has 0 radical (unpaired) electrons. The summed E-state index contributed by atoms with van der Waals surface area (Å²) in [4.78, 5) is 0. The molecule has 2 nitrogen and oxygen atoms in total. The van der Waals surface area contributed by atoms with Gasteiger partial charge in [-0.3, -0.25) is 0 Å². The number of aliphatic hydroxyl groups excluding tert-OH is 1. The van der Waals surface area contributed by atoms with Gasteiger partial charge in [0.2, 0.25) is 0 Å². The summed E-state index contributed by atoms with van der Waals surface area (Å²) in [7, 11) is 0. The van der Waals surface area contributed by atoms with Gasteiger partial charge in [-0.25, -0.2) is 4.39 Å². The molecule has 0 spiro atoms. The molecule has 1 aliphatic rings. The summed E-state index contributed by atoms with van der Waals surface area (Å²) in [5.74, 6) is -0.299. The molecule has 0 saturated carbocycles. The number of ether oxygens (including phenoxy) is 1. The summed E-state index contributed by atoms with van der Waals surface area (Å²) in [6, 6.07) is 3.39. The van der Waals surface area contributed by atoms with Crippen molar-refractivity contribution in [2.24, 2.45) is 0 Å². The van der Waals surface area contributed by atoms with Crippen molar-refractivity contribution in [3.05, 3.63) is 34.6 Å². The van der Waals surface area contributed by atoms with Gasteiger partial charge in [-0.2, -0.15) is 0 Å². The molecule has 100 valence electrons. The van der Waals surface area contributed by atoms with Crippen LogP contribution in [0.5, 0.6) is 0 Å². The van der Waals surface area contributed by atoms with Crippen LogP contribution in [-0.2, 0) is 4.74 Å². The minimum absolute atomic E-state index is 0.244. The Hall–Kier alpha value is -0.930. The molecule has 18 heavy (non-hydrogen) atoms. The molecule has 1 saturated heterocycles. The lowest BCUT2D eigenvalue weighted by Crippen LogP contribution is -2.10. The van der Waals surface area contributed by atoms with Crippen molar-refractivity contribution in [3.8, 4) is 0 Å². The van der Waals surface area contributed by atoms with Crippen molar-refractivity contribution in [1.82, 2.24) is 0 Å². The highest BCUT2D eigenvalue weighted by Crippen LogP contribution is 2.28. The normalized spacial score (nSPS) is 21.2. The van der Waals surface area contributed by atoms with Gasteiger partial charge in [0, 0.05) is 12.2 Å². The van der Waals surface area contributed by atoms with Crippen molar-refractivity contribution in [2.45, 2.75) is 51.7 Å². The van der Waals surface area contributed by atoms with E-state index in [0.29, 0.717) is 12.0 Å². The summed E-state index contributed by atoms with van der Waals surface area (Å²) < 4.78 is 19.4. The fraction of sp³-hybridized carbons (Fsp3) is 0.600. The Labute approximate surface area is 108 Å². The first-order chi connectivity index (χ1) is 8.58. The Morgan fingerprint density at radius 1 is 1.44 bits per heavy atom. The van der Waals surface area contributed by atoms with Crippen LogP contribution in [0, 0.1) is 19.7 Å². The van der Waals surface area contributed by atoms with E-state index in [4.69, 9.17) is 4.74 Å². The minimum Gasteiger partial charge on any atom is -0.388 e. The van der Waals surface area contributed by atoms with E-state index in [-0.39, 0.29) is 11.9 Å². The summed E-state index contributed by atoms with van der Waals surface area (Å²) in [6.45, 7) is 4.53. The highest BCUT2D eigenvalue weighted by molar-refractivity contribution is 5.33. The van der Waals surface area contributed by atoms with Crippen molar-refractivity contribution in [3.63, 3.8) is 0 Å². The number of hydrogen-bond donors (Lipinski definition) is 1. The molecule has 2 rings (SSSR count). The summed E-state index contributed by atoms with van der Waals surface area (Å²) >= 11 is 0. The standard InChI is InChI=1S/C15H21FO2/c1-10-8-11(2)15(13(16)9-10)14(17)6-5-12-4-3-7-18-12/h8-9,12,14,17H,3-7H2,1-2H3. The lowest BCUT2D eigenvalue weighted by Gasteiger charge is -2.17. The fourth-order valence-electron chi connectivity index (χ4n) is 2.71. The first kappa shape index (κ1) is 13.5. The largest absolute Gasteiger partial charge is 0.388 e. The lowest BCUT2D eigenvalue weighted by atomic mass is 9.96. The van der Waals surface area contributed by atoms with Crippen LogP contribution in [-0.4, -0.2) is 17.8 Å². The van der Waals surface area contributed by atoms with Crippen LogP contribution in [0.4, 0.5) is 4.39 Å². The van der Waals surface area contributed by atoms with E-state index >= 15 is 0 Å². The highest BCUT2D eigenvalue weighted by Gasteiger charge is 2.20. The predicted octanol–water partition coefficient (Wildman–Crippen LogP) is 3.44. The van der Waals surface area contributed by atoms with Gasteiger partial charge in [0.15, 0.2) is 0 Å². The van der Waals surface area contributed by atoms with Crippen LogP contribution in [0.2, 0.25) is 0 Å². The molecule has 2 unspecified atom stereocenters. The predicted molar refractivity (Wildman–Crippen MR) is 69.0 cm³/mol. The van der Waals surface area contributed by atoms with E-state index in [9.17, 15) is 9.50 Å². The monoisotopic (exact) mass is 252 g/mol. The van der Waals surface area contributed by atoms with Crippen molar-refractivity contribution in [1.29, 1.82) is 0 Å². The van der Waals surface area contributed by atoms with Gasteiger partial charge in [-0.05, 0) is 56.7 Å². The topological polar surface area (TPSA) is 29.5 Å². The van der Waals surface area contributed by atoms with Crippen molar-refractivity contribution < 1.29 is 14.2 Å². The summed E-state index contributed by atoms with van der Waals surface area (Å²) in [6.07, 6.45) is 3.03. The Balaban J connectivity index is 2.01. The average Bonchev–Trinajstić information content (AvgIpc) is 2.77. The maximum Gasteiger partial charge on any atom is 0.129 e. The van der Waals surface area contributed by atoms with Gasteiger partial charge in [0.25, 0.3) is 0 Å². The van der Waals surface area contributed by atoms with Gasteiger partial charge in [-0.15, -0.1) is 0 Å². The van der Waals surface area contributed by atoms with Crippen LogP contribution < -0.4 is 0 Å². The van der Waals surface area contributed by atoms with Crippen LogP contribution in [0.25, 0.3) is 0 Å². The highest BCUT2D eigenvalue weighted by atomic mass is 19.1. The number of aliphatic hydroxyl groups is 1. The third-order valence-corrected chi connectivity index (χ3v) is 3.60. The Bertz CT molecular complexity index is 388. The zero-order valence-corrected chi connectivity index (χ0v) is 11.1. The number of rotatable bonds is 4. The van der Waals surface area contributed by atoms with Crippen molar-refractivity contribution in [2.75, 3.05) is 6.61 Å². The van der Waals surface area contributed by atoms with Crippen LogP contribution in [0.1, 0.15) is 48.5 Å². The number of halogens is 1. The van der Waals surface area contributed by atoms with E-state index in [1.807, 2.05) is 19.9 Å². The second kappa shape index (κ2) is 5.81. The average molecular weight is 252 g/mol. The summed E-state index contributed by atoms with van der Waals surface area (Å²) in [5, 5.41) is 10.1. The van der Waals surface area contributed by atoms with Gasteiger partial charge in [-0.1, -0.05) is 6.07 Å². The maximum atomic E-state index is 13.9. The molecule has 0 aliphatic carbocycles. The van der Waals surface area contributed by atoms with Crippen LogP contribution in [0.15, 0.2) is 12.1 Å². The molecule has 0 bridgehead atoms. The smallest absolute Gasteiger partial charge is 0.129 e. The molecular weight excluding hydrogens is 231 g/mol. The Morgan fingerprint density at radius 3 is 2.83 bits per heavy atom. The molecule has 2 atom stereocenters. The quantitative estimate of drug-likeness (QED) is 0.889. The molecular formula is C15H21FO2.